The summed E-state index contributed by atoms with van der Waals surface area (Å²) < 4.78 is 13.0. The molecule has 0 fully saturated rings. The fourth-order valence-corrected chi connectivity index (χ4v) is 2.00. The van der Waals surface area contributed by atoms with Gasteiger partial charge in [0.1, 0.15) is 5.82 Å². The van der Waals surface area contributed by atoms with E-state index in [1.165, 1.54) is 23.8 Å². The zero-order valence-electron chi connectivity index (χ0n) is 11.6. The molecule has 2 aromatic carbocycles. The SMILES string of the molecule is CCc1ccc(NCC(=O)Nc2ccc(F)c(Cl)c2)cc1. The Kier molecular flexibility index (Phi) is 5.17. The minimum Gasteiger partial charge on any atom is -0.376 e. The van der Waals surface area contributed by atoms with E-state index in [0.717, 1.165) is 12.1 Å². The first-order valence-corrected chi connectivity index (χ1v) is 7.04. The number of halogens is 2. The highest BCUT2D eigenvalue weighted by Crippen LogP contribution is 2.19. The molecule has 1 amide bonds. The molecule has 0 aromatic heterocycles. The Morgan fingerprint density at radius 3 is 2.43 bits per heavy atom. The number of hydrogen-bond acceptors (Lipinski definition) is 2. The molecular weight excluding hydrogens is 291 g/mol. The van der Waals surface area contributed by atoms with Crippen LogP contribution >= 0.6 is 11.6 Å². The number of carbonyl (C=O) groups is 1. The lowest BCUT2D eigenvalue weighted by Crippen LogP contribution is -2.21. The lowest BCUT2D eigenvalue weighted by Gasteiger charge is -2.09. The van der Waals surface area contributed by atoms with Crippen LogP contribution in [-0.4, -0.2) is 12.5 Å². The molecule has 0 aliphatic heterocycles. The largest absolute Gasteiger partial charge is 0.376 e. The molecule has 5 heteroatoms. The van der Waals surface area contributed by atoms with Crippen LogP contribution in [0.2, 0.25) is 5.02 Å². The number of carbonyl (C=O) groups excluding carboxylic acids is 1. The van der Waals surface area contributed by atoms with Gasteiger partial charge in [-0.2, -0.15) is 0 Å². The Morgan fingerprint density at radius 1 is 1.14 bits per heavy atom. The average molecular weight is 307 g/mol. The van der Waals surface area contributed by atoms with Crippen molar-refractivity contribution in [1.29, 1.82) is 0 Å². The molecule has 0 heterocycles. The van der Waals surface area contributed by atoms with Gasteiger partial charge < -0.3 is 10.6 Å². The van der Waals surface area contributed by atoms with E-state index in [4.69, 9.17) is 11.6 Å². The summed E-state index contributed by atoms with van der Waals surface area (Å²) >= 11 is 5.66. The van der Waals surface area contributed by atoms with Gasteiger partial charge in [-0.3, -0.25) is 4.79 Å². The van der Waals surface area contributed by atoms with Crippen molar-refractivity contribution < 1.29 is 9.18 Å². The predicted molar refractivity (Wildman–Crippen MR) is 84.3 cm³/mol. The van der Waals surface area contributed by atoms with Crippen molar-refractivity contribution in [3.8, 4) is 0 Å². The van der Waals surface area contributed by atoms with Crippen LogP contribution in [0, 0.1) is 5.82 Å². The molecule has 21 heavy (non-hydrogen) atoms. The van der Waals surface area contributed by atoms with Crippen molar-refractivity contribution in [2.75, 3.05) is 17.2 Å². The van der Waals surface area contributed by atoms with Crippen LogP contribution in [0.1, 0.15) is 12.5 Å². The zero-order chi connectivity index (χ0) is 15.2. The number of amides is 1. The van der Waals surface area contributed by atoms with E-state index in [2.05, 4.69) is 17.6 Å². The molecule has 2 N–H and O–H groups in total. The highest BCUT2D eigenvalue weighted by molar-refractivity contribution is 6.31. The summed E-state index contributed by atoms with van der Waals surface area (Å²) in [5.41, 5.74) is 2.58. The molecule has 3 nitrogen and oxygen atoms in total. The molecule has 0 radical (unpaired) electrons. The monoisotopic (exact) mass is 306 g/mol. The first kappa shape index (κ1) is 15.3. The quantitative estimate of drug-likeness (QED) is 0.873. The van der Waals surface area contributed by atoms with Gasteiger partial charge in [0.05, 0.1) is 11.6 Å². The molecular formula is C16H16ClFN2O. The molecule has 0 aliphatic rings. The Labute approximate surface area is 128 Å². The van der Waals surface area contributed by atoms with Crippen molar-refractivity contribution in [2.24, 2.45) is 0 Å². The summed E-state index contributed by atoms with van der Waals surface area (Å²) in [6.45, 7) is 2.21. The Bertz CT molecular complexity index is 629. The summed E-state index contributed by atoms with van der Waals surface area (Å²) in [6, 6.07) is 12.0. The molecule has 0 aliphatic carbocycles. The summed E-state index contributed by atoms with van der Waals surface area (Å²) in [6.07, 6.45) is 0.978. The first-order valence-electron chi connectivity index (χ1n) is 6.66. The van der Waals surface area contributed by atoms with Crippen molar-refractivity contribution >= 4 is 28.9 Å². The third-order valence-corrected chi connectivity index (χ3v) is 3.31. The van der Waals surface area contributed by atoms with Crippen LogP contribution in [0.4, 0.5) is 15.8 Å². The number of benzene rings is 2. The third kappa shape index (κ3) is 4.46. The Morgan fingerprint density at radius 2 is 1.81 bits per heavy atom. The molecule has 0 bridgehead atoms. The molecule has 110 valence electrons. The molecule has 0 saturated carbocycles. The molecule has 0 atom stereocenters. The number of nitrogens with one attached hydrogen (secondary N) is 2. The lowest BCUT2D eigenvalue weighted by atomic mass is 10.1. The molecule has 2 rings (SSSR count). The fraction of sp³-hybridized carbons (Fsp3) is 0.188. The highest BCUT2D eigenvalue weighted by Gasteiger charge is 2.05. The first-order chi connectivity index (χ1) is 10.1. The third-order valence-electron chi connectivity index (χ3n) is 3.02. The Balaban J connectivity index is 1.87. The van der Waals surface area contributed by atoms with Gasteiger partial charge >= 0.3 is 0 Å². The summed E-state index contributed by atoms with van der Waals surface area (Å²) in [4.78, 5) is 11.8. The van der Waals surface area contributed by atoms with Crippen LogP contribution in [0.25, 0.3) is 0 Å². The minimum atomic E-state index is -0.510. The maximum atomic E-state index is 13.0. The maximum Gasteiger partial charge on any atom is 0.243 e. The van der Waals surface area contributed by atoms with Gasteiger partial charge in [-0.1, -0.05) is 30.7 Å². The smallest absolute Gasteiger partial charge is 0.243 e. The van der Waals surface area contributed by atoms with Gasteiger partial charge in [0.25, 0.3) is 0 Å². The number of rotatable bonds is 5. The van der Waals surface area contributed by atoms with Gasteiger partial charge in [0.2, 0.25) is 5.91 Å². The van der Waals surface area contributed by atoms with Crippen LogP contribution in [-0.2, 0) is 11.2 Å². The van der Waals surface area contributed by atoms with Crippen LogP contribution in [0.15, 0.2) is 42.5 Å². The minimum absolute atomic E-state index is 0.0177. The number of anilines is 2. The van der Waals surface area contributed by atoms with Gasteiger partial charge in [0.15, 0.2) is 0 Å². The summed E-state index contributed by atoms with van der Waals surface area (Å²) in [5.74, 6) is -0.735. The summed E-state index contributed by atoms with van der Waals surface area (Å²) in [7, 11) is 0. The number of aryl methyl sites for hydroxylation is 1. The summed E-state index contributed by atoms with van der Waals surface area (Å²) in [5, 5.41) is 5.66. The van der Waals surface area contributed by atoms with E-state index in [9.17, 15) is 9.18 Å². The Hall–Kier alpha value is -2.07. The van der Waals surface area contributed by atoms with Crippen molar-refractivity contribution in [3.05, 3.63) is 58.9 Å². The van der Waals surface area contributed by atoms with Gasteiger partial charge in [-0.15, -0.1) is 0 Å². The second-order valence-electron chi connectivity index (χ2n) is 4.58. The predicted octanol–water partition coefficient (Wildman–Crippen LogP) is 4.09. The topological polar surface area (TPSA) is 41.1 Å². The van der Waals surface area contributed by atoms with Crippen LogP contribution in [0.3, 0.4) is 0 Å². The van der Waals surface area contributed by atoms with E-state index < -0.39 is 5.82 Å². The molecule has 0 saturated heterocycles. The average Bonchev–Trinajstić information content (AvgIpc) is 2.49. The zero-order valence-corrected chi connectivity index (χ0v) is 12.4. The highest BCUT2D eigenvalue weighted by atomic mass is 35.5. The van der Waals surface area contributed by atoms with E-state index >= 15 is 0 Å². The van der Waals surface area contributed by atoms with Crippen LogP contribution in [0.5, 0.6) is 0 Å². The van der Waals surface area contributed by atoms with Gasteiger partial charge in [0, 0.05) is 11.4 Å². The van der Waals surface area contributed by atoms with Crippen LogP contribution < -0.4 is 10.6 Å². The van der Waals surface area contributed by atoms with Crippen molar-refractivity contribution in [1.82, 2.24) is 0 Å². The standard InChI is InChI=1S/C16H16ClFN2O/c1-2-11-3-5-12(6-4-11)19-10-16(21)20-13-7-8-15(18)14(17)9-13/h3-9,19H,2,10H2,1H3,(H,20,21). The molecule has 2 aromatic rings. The second kappa shape index (κ2) is 7.09. The number of hydrogen-bond donors (Lipinski definition) is 2. The van der Waals surface area contributed by atoms with E-state index in [-0.39, 0.29) is 17.5 Å². The van der Waals surface area contributed by atoms with E-state index in [0.29, 0.717) is 5.69 Å². The van der Waals surface area contributed by atoms with Gasteiger partial charge in [-0.25, -0.2) is 4.39 Å². The van der Waals surface area contributed by atoms with Gasteiger partial charge in [-0.05, 0) is 42.3 Å². The van der Waals surface area contributed by atoms with E-state index in [1.807, 2.05) is 24.3 Å². The van der Waals surface area contributed by atoms with Crippen molar-refractivity contribution in [3.63, 3.8) is 0 Å². The normalized spacial score (nSPS) is 10.2. The van der Waals surface area contributed by atoms with Crippen molar-refractivity contribution in [2.45, 2.75) is 13.3 Å². The maximum absolute atomic E-state index is 13.0. The second-order valence-corrected chi connectivity index (χ2v) is 4.99. The molecule has 0 spiro atoms. The van der Waals surface area contributed by atoms with E-state index in [1.54, 1.807) is 0 Å². The fourth-order valence-electron chi connectivity index (χ4n) is 1.82. The molecule has 0 unspecified atom stereocenters. The lowest BCUT2D eigenvalue weighted by molar-refractivity contribution is -0.114.